The van der Waals surface area contributed by atoms with Crippen molar-refractivity contribution in [1.29, 1.82) is 0 Å². The molecule has 0 aliphatic heterocycles. The van der Waals surface area contributed by atoms with E-state index in [4.69, 9.17) is 9.15 Å². The van der Waals surface area contributed by atoms with Gasteiger partial charge in [0.2, 0.25) is 0 Å². The Bertz CT molecular complexity index is 436. The number of hydrogen-bond acceptors (Lipinski definition) is 3. The van der Waals surface area contributed by atoms with Crippen LogP contribution in [0, 0.1) is 0 Å². The summed E-state index contributed by atoms with van der Waals surface area (Å²) < 4.78 is 10.2. The lowest BCUT2D eigenvalue weighted by Gasteiger charge is -2.27. The second-order valence-electron chi connectivity index (χ2n) is 4.14. The SMILES string of the molecule is COCC(O)(Cc1ccoc1)c1ccccc1. The monoisotopic (exact) mass is 232 g/mol. The molecule has 1 N–H and O–H groups in total. The number of ether oxygens (including phenoxy) is 1. The summed E-state index contributed by atoms with van der Waals surface area (Å²) in [6, 6.07) is 11.4. The van der Waals surface area contributed by atoms with Gasteiger partial charge in [0.05, 0.1) is 19.1 Å². The fourth-order valence-corrected chi connectivity index (χ4v) is 1.95. The van der Waals surface area contributed by atoms with Gasteiger partial charge in [-0.15, -0.1) is 0 Å². The third-order valence-corrected chi connectivity index (χ3v) is 2.77. The van der Waals surface area contributed by atoms with Crippen LogP contribution < -0.4 is 0 Å². The van der Waals surface area contributed by atoms with Crippen LogP contribution in [0.3, 0.4) is 0 Å². The molecule has 2 rings (SSSR count). The van der Waals surface area contributed by atoms with Crippen molar-refractivity contribution in [1.82, 2.24) is 0 Å². The molecule has 3 nitrogen and oxygen atoms in total. The van der Waals surface area contributed by atoms with Crippen molar-refractivity contribution in [3.05, 3.63) is 60.1 Å². The quantitative estimate of drug-likeness (QED) is 0.860. The van der Waals surface area contributed by atoms with Gasteiger partial charge in [0.25, 0.3) is 0 Å². The minimum absolute atomic E-state index is 0.252. The predicted octanol–water partition coefficient (Wildman–Crippen LogP) is 2.36. The molecule has 0 saturated heterocycles. The van der Waals surface area contributed by atoms with Gasteiger partial charge >= 0.3 is 0 Å². The maximum atomic E-state index is 10.7. The van der Waals surface area contributed by atoms with E-state index in [2.05, 4.69) is 0 Å². The molecule has 2 aromatic rings. The van der Waals surface area contributed by atoms with Gasteiger partial charge < -0.3 is 14.3 Å². The second kappa shape index (κ2) is 5.17. The number of benzene rings is 1. The maximum absolute atomic E-state index is 10.7. The first-order valence-electron chi connectivity index (χ1n) is 5.52. The first kappa shape index (κ1) is 11.9. The number of hydrogen-bond donors (Lipinski definition) is 1. The van der Waals surface area contributed by atoms with E-state index in [1.165, 1.54) is 0 Å². The Balaban J connectivity index is 2.26. The molecule has 90 valence electrons. The molecule has 1 unspecified atom stereocenters. The van der Waals surface area contributed by atoms with Gasteiger partial charge in [-0.2, -0.15) is 0 Å². The number of methoxy groups -OCH3 is 1. The molecule has 0 saturated carbocycles. The number of rotatable bonds is 5. The van der Waals surface area contributed by atoms with Crippen molar-refractivity contribution in [2.24, 2.45) is 0 Å². The van der Waals surface area contributed by atoms with E-state index in [1.807, 2.05) is 36.4 Å². The van der Waals surface area contributed by atoms with Gasteiger partial charge in [0.1, 0.15) is 5.60 Å². The van der Waals surface area contributed by atoms with E-state index in [0.717, 1.165) is 11.1 Å². The zero-order chi connectivity index (χ0) is 12.1. The summed E-state index contributed by atoms with van der Waals surface area (Å²) in [4.78, 5) is 0. The topological polar surface area (TPSA) is 42.6 Å². The Morgan fingerprint density at radius 1 is 1.24 bits per heavy atom. The molecule has 3 heteroatoms. The van der Waals surface area contributed by atoms with E-state index < -0.39 is 5.60 Å². The minimum Gasteiger partial charge on any atom is -0.472 e. The molecule has 1 atom stereocenters. The maximum Gasteiger partial charge on any atom is 0.117 e. The standard InChI is InChI=1S/C14H16O3/c1-16-11-14(15,9-12-7-8-17-10-12)13-5-3-2-4-6-13/h2-8,10,15H,9,11H2,1H3. The molecule has 1 aromatic heterocycles. The summed E-state index contributed by atoms with van der Waals surface area (Å²) in [6.45, 7) is 0.252. The molecule has 1 aromatic carbocycles. The lowest BCUT2D eigenvalue weighted by molar-refractivity contribution is -0.0356. The number of aliphatic hydroxyl groups is 1. The third-order valence-electron chi connectivity index (χ3n) is 2.77. The third kappa shape index (κ3) is 2.75. The Morgan fingerprint density at radius 3 is 2.59 bits per heavy atom. The van der Waals surface area contributed by atoms with Crippen LogP contribution in [0.5, 0.6) is 0 Å². The van der Waals surface area contributed by atoms with Crippen LogP contribution in [-0.2, 0) is 16.8 Å². The van der Waals surface area contributed by atoms with Crippen LogP contribution in [0.2, 0.25) is 0 Å². The lowest BCUT2D eigenvalue weighted by atomic mass is 9.89. The molecule has 0 aliphatic carbocycles. The zero-order valence-electron chi connectivity index (χ0n) is 9.80. The van der Waals surface area contributed by atoms with E-state index in [-0.39, 0.29) is 6.61 Å². The smallest absolute Gasteiger partial charge is 0.117 e. The van der Waals surface area contributed by atoms with E-state index >= 15 is 0 Å². The second-order valence-corrected chi connectivity index (χ2v) is 4.14. The van der Waals surface area contributed by atoms with E-state index in [0.29, 0.717) is 6.42 Å². The summed E-state index contributed by atoms with van der Waals surface area (Å²) in [6.07, 6.45) is 3.72. The van der Waals surface area contributed by atoms with Crippen molar-refractivity contribution in [3.8, 4) is 0 Å². The zero-order valence-corrected chi connectivity index (χ0v) is 9.80. The predicted molar refractivity (Wildman–Crippen MR) is 64.6 cm³/mol. The molecule has 17 heavy (non-hydrogen) atoms. The van der Waals surface area contributed by atoms with Crippen LogP contribution in [0.1, 0.15) is 11.1 Å². The van der Waals surface area contributed by atoms with Crippen molar-refractivity contribution in [2.75, 3.05) is 13.7 Å². The van der Waals surface area contributed by atoms with Crippen molar-refractivity contribution >= 4 is 0 Å². The van der Waals surface area contributed by atoms with Crippen molar-refractivity contribution < 1.29 is 14.3 Å². The van der Waals surface area contributed by atoms with Crippen LogP contribution in [0.4, 0.5) is 0 Å². The average molecular weight is 232 g/mol. The van der Waals surface area contributed by atoms with Gasteiger partial charge in [-0.3, -0.25) is 0 Å². The van der Waals surface area contributed by atoms with Crippen LogP contribution in [-0.4, -0.2) is 18.8 Å². The highest BCUT2D eigenvalue weighted by Crippen LogP contribution is 2.26. The van der Waals surface area contributed by atoms with E-state index in [1.54, 1.807) is 19.6 Å². The first-order valence-corrected chi connectivity index (χ1v) is 5.52. The summed E-state index contributed by atoms with van der Waals surface area (Å²) in [5.74, 6) is 0. The summed E-state index contributed by atoms with van der Waals surface area (Å²) in [5.41, 5.74) is 0.788. The summed E-state index contributed by atoms with van der Waals surface area (Å²) in [7, 11) is 1.59. The van der Waals surface area contributed by atoms with Crippen LogP contribution in [0.15, 0.2) is 53.3 Å². The van der Waals surface area contributed by atoms with Crippen molar-refractivity contribution in [2.45, 2.75) is 12.0 Å². The Kier molecular flexibility index (Phi) is 3.61. The van der Waals surface area contributed by atoms with Crippen LogP contribution in [0.25, 0.3) is 0 Å². The van der Waals surface area contributed by atoms with Gasteiger partial charge in [-0.25, -0.2) is 0 Å². The summed E-state index contributed by atoms with van der Waals surface area (Å²) >= 11 is 0. The first-order chi connectivity index (χ1) is 8.24. The molecule has 0 aliphatic rings. The Morgan fingerprint density at radius 2 is 2.00 bits per heavy atom. The molecule has 0 fully saturated rings. The van der Waals surface area contributed by atoms with Crippen molar-refractivity contribution in [3.63, 3.8) is 0 Å². The molecule has 0 radical (unpaired) electrons. The number of furan rings is 1. The highest BCUT2D eigenvalue weighted by atomic mass is 16.5. The van der Waals surface area contributed by atoms with Gasteiger partial charge in [-0.1, -0.05) is 30.3 Å². The van der Waals surface area contributed by atoms with Gasteiger partial charge in [0.15, 0.2) is 0 Å². The minimum atomic E-state index is -1.01. The van der Waals surface area contributed by atoms with E-state index in [9.17, 15) is 5.11 Å². The molecule has 0 bridgehead atoms. The highest BCUT2D eigenvalue weighted by molar-refractivity contribution is 5.25. The fraction of sp³-hybridized carbons (Fsp3) is 0.286. The largest absolute Gasteiger partial charge is 0.472 e. The van der Waals surface area contributed by atoms with Gasteiger partial charge in [-0.05, 0) is 17.2 Å². The fourth-order valence-electron chi connectivity index (χ4n) is 1.95. The Labute approximate surface area is 101 Å². The van der Waals surface area contributed by atoms with Crippen LogP contribution >= 0.6 is 0 Å². The average Bonchev–Trinajstić information content (AvgIpc) is 2.83. The molecule has 1 heterocycles. The summed E-state index contributed by atoms with van der Waals surface area (Å²) in [5, 5.41) is 10.7. The molecule has 0 spiro atoms. The Hall–Kier alpha value is -1.58. The molecule has 0 amide bonds. The highest BCUT2D eigenvalue weighted by Gasteiger charge is 2.29. The normalized spacial score (nSPS) is 14.5. The molecular weight excluding hydrogens is 216 g/mol. The lowest BCUT2D eigenvalue weighted by Crippen LogP contribution is -2.33. The molecular formula is C14H16O3. The van der Waals surface area contributed by atoms with Gasteiger partial charge in [0, 0.05) is 13.5 Å².